The molecule has 0 radical (unpaired) electrons. The van der Waals surface area contributed by atoms with Gasteiger partial charge in [-0.1, -0.05) is 0 Å². The predicted molar refractivity (Wildman–Crippen MR) is 71.6 cm³/mol. The van der Waals surface area contributed by atoms with Crippen molar-refractivity contribution in [2.75, 3.05) is 0 Å². The second kappa shape index (κ2) is 5.80. The standard InChI is InChI=1S/C11H17N3OS.ClH/c1-7-3-4-8(2)14(7)11(15)9-6-16-10(5-12)13-9;/h6-8H,3-5,12H2,1-2H3;1H. The Morgan fingerprint density at radius 1 is 1.53 bits per heavy atom. The van der Waals surface area contributed by atoms with Crippen molar-refractivity contribution in [2.45, 2.75) is 45.3 Å². The van der Waals surface area contributed by atoms with E-state index in [0.717, 1.165) is 17.8 Å². The first kappa shape index (κ1) is 14.4. The summed E-state index contributed by atoms with van der Waals surface area (Å²) in [7, 11) is 0. The lowest BCUT2D eigenvalue weighted by Crippen LogP contribution is -2.38. The summed E-state index contributed by atoms with van der Waals surface area (Å²) in [6, 6.07) is 0.649. The van der Waals surface area contributed by atoms with E-state index in [0.29, 0.717) is 24.3 Å². The van der Waals surface area contributed by atoms with Gasteiger partial charge in [0.2, 0.25) is 0 Å². The summed E-state index contributed by atoms with van der Waals surface area (Å²) in [5.74, 6) is 0.0495. The van der Waals surface area contributed by atoms with Crippen molar-refractivity contribution in [3.8, 4) is 0 Å². The predicted octanol–water partition coefficient (Wildman–Crippen LogP) is 2.04. The molecule has 0 aliphatic carbocycles. The number of aromatic nitrogens is 1. The first-order valence-electron chi connectivity index (χ1n) is 5.60. The molecule has 0 saturated carbocycles. The van der Waals surface area contributed by atoms with Gasteiger partial charge in [0.05, 0.1) is 0 Å². The van der Waals surface area contributed by atoms with E-state index >= 15 is 0 Å². The van der Waals surface area contributed by atoms with Crippen LogP contribution < -0.4 is 5.73 Å². The lowest BCUT2D eigenvalue weighted by atomic mass is 10.2. The summed E-state index contributed by atoms with van der Waals surface area (Å²) in [6.07, 6.45) is 2.17. The van der Waals surface area contributed by atoms with Crippen LogP contribution in [0.2, 0.25) is 0 Å². The SMILES string of the molecule is CC1CCC(C)N1C(=O)c1csc(CN)n1.Cl. The molecule has 1 aliphatic heterocycles. The zero-order valence-electron chi connectivity index (χ0n) is 10.0. The van der Waals surface area contributed by atoms with Crippen LogP contribution in [-0.4, -0.2) is 27.9 Å². The fraction of sp³-hybridized carbons (Fsp3) is 0.636. The number of halogens is 1. The Morgan fingerprint density at radius 3 is 2.59 bits per heavy atom. The molecule has 17 heavy (non-hydrogen) atoms. The van der Waals surface area contributed by atoms with Crippen LogP contribution in [0.15, 0.2) is 5.38 Å². The summed E-state index contributed by atoms with van der Waals surface area (Å²) in [4.78, 5) is 18.4. The maximum absolute atomic E-state index is 12.2. The van der Waals surface area contributed by atoms with Crippen molar-refractivity contribution in [1.29, 1.82) is 0 Å². The Morgan fingerprint density at radius 2 is 2.12 bits per heavy atom. The first-order chi connectivity index (χ1) is 7.63. The lowest BCUT2D eigenvalue weighted by molar-refractivity contribution is 0.0687. The minimum atomic E-state index is 0. The van der Waals surface area contributed by atoms with Crippen LogP contribution in [0.1, 0.15) is 42.2 Å². The number of amides is 1. The maximum Gasteiger partial charge on any atom is 0.273 e. The number of hydrogen-bond donors (Lipinski definition) is 1. The van der Waals surface area contributed by atoms with E-state index in [4.69, 9.17) is 5.73 Å². The normalized spacial score (nSPS) is 23.6. The third-order valence-electron chi connectivity index (χ3n) is 3.13. The highest BCUT2D eigenvalue weighted by Gasteiger charge is 2.32. The highest BCUT2D eigenvalue weighted by atomic mass is 35.5. The van der Waals surface area contributed by atoms with Gasteiger partial charge in [0.1, 0.15) is 10.7 Å². The van der Waals surface area contributed by atoms with Crippen molar-refractivity contribution in [2.24, 2.45) is 5.73 Å². The van der Waals surface area contributed by atoms with Crippen LogP contribution in [0.5, 0.6) is 0 Å². The fourth-order valence-corrected chi connectivity index (χ4v) is 2.88. The molecule has 2 unspecified atom stereocenters. The summed E-state index contributed by atoms with van der Waals surface area (Å²) in [5, 5.41) is 2.63. The van der Waals surface area contributed by atoms with Gasteiger partial charge in [-0.25, -0.2) is 4.98 Å². The van der Waals surface area contributed by atoms with Gasteiger partial charge in [0.25, 0.3) is 5.91 Å². The molecule has 0 aromatic carbocycles. The second-order valence-corrected chi connectivity index (χ2v) is 5.26. The minimum Gasteiger partial charge on any atom is -0.332 e. The summed E-state index contributed by atoms with van der Waals surface area (Å²) < 4.78 is 0. The molecule has 1 saturated heterocycles. The Hall–Kier alpha value is -0.650. The van der Waals surface area contributed by atoms with Crippen molar-refractivity contribution < 1.29 is 4.79 Å². The topological polar surface area (TPSA) is 59.2 Å². The number of carbonyl (C=O) groups is 1. The molecule has 4 nitrogen and oxygen atoms in total. The van der Waals surface area contributed by atoms with Crippen LogP contribution in [0.4, 0.5) is 0 Å². The Labute approximate surface area is 112 Å². The Bertz CT molecular complexity index is 386. The number of nitrogens with two attached hydrogens (primary N) is 1. The van der Waals surface area contributed by atoms with Gasteiger partial charge in [-0.3, -0.25) is 4.79 Å². The molecule has 0 bridgehead atoms. The van der Waals surface area contributed by atoms with E-state index < -0.39 is 0 Å². The molecular formula is C11H18ClN3OS. The van der Waals surface area contributed by atoms with E-state index in [9.17, 15) is 4.79 Å². The highest BCUT2D eigenvalue weighted by Crippen LogP contribution is 2.25. The van der Waals surface area contributed by atoms with Gasteiger partial charge in [-0.2, -0.15) is 0 Å². The van der Waals surface area contributed by atoms with Gasteiger partial charge < -0.3 is 10.6 Å². The van der Waals surface area contributed by atoms with Crippen molar-refractivity contribution in [3.05, 3.63) is 16.1 Å². The maximum atomic E-state index is 12.2. The quantitative estimate of drug-likeness (QED) is 0.899. The van der Waals surface area contributed by atoms with Gasteiger partial charge in [-0.05, 0) is 26.7 Å². The summed E-state index contributed by atoms with van der Waals surface area (Å²) in [6.45, 7) is 4.60. The van der Waals surface area contributed by atoms with Crippen molar-refractivity contribution in [1.82, 2.24) is 9.88 Å². The molecule has 96 valence electrons. The van der Waals surface area contributed by atoms with Gasteiger partial charge in [0.15, 0.2) is 0 Å². The summed E-state index contributed by atoms with van der Waals surface area (Å²) in [5.41, 5.74) is 6.04. The van der Waals surface area contributed by atoms with Gasteiger partial charge in [-0.15, -0.1) is 23.7 Å². The molecule has 2 heterocycles. The number of nitrogens with zero attached hydrogens (tertiary/aromatic N) is 2. The Balaban J connectivity index is 0.00000144. The van der Waals surface area contributed by atoms with Crippen LogP contribution in [-0.2, 0) is 6.54 Å². The van der Waals surface area contributed by atoms with Gasteiger partial charge >= 0.3 is 0 Å². The van der Waals surface area contributed by atoms with E-state index in [1.807, 2.05) is 10.3 Å². The molecular weight excluding hydrogens is 258 g/mol. The minimum absolute atomic E-state index is 0. The first-order valence-corrected chi connectivity index (χ1v) is 6.48. The molecule has 1 amide bonds. The molecule has 0 spiro atoms. The zero-order chi connectivity index (χ0) is 11.7. The molecule has 1 fully saturated rings. The van der Waals surface area contributed by atoms with Gasteiger partial charge in [0, 0.05) is 24.0 Å². The van der Waals surface area contributed by atoms with Crippen LogP contribution >= 0.6 is 23.7 Å². The third kappa shape index (κ3) is 2.78. The number of rotatable bonds is 2. The monoisotopic (exact) mass is 275 g/mol. The fourth-order valence-electron chi connectivity index (χ4n) is 2.23. The number of likely N-dealkylation sites (tertiary alicyclic amines) is 1. The van der Waals surface area contributed by atoms with Crippen molar-refractivity contribution in [3.63, 3.8) is 0 Å². The average molecular weight is 276 g/mol. The smallest absolute Gasteiger partial charge is 0.273 e. The zero-order valence-corrected chi connectivity index (χ0v) is 11.7. The van der Waals surface area contributed by atoms with Crippen molar-refractivity contribution >= 4 is 29.7 Å². The average Bonchev–Trinajstić information content (AvgIpc) is 2.85. The molecule has 1 aromatic rings. The van der Waals surface area contributed by atoms with E-state index in [1.54, 1.807) is 0 Å². The molecule has 2 N–H and O–H groups in total. The van der Waals surface area contributed by atoms with Crippen LogP contribution in [0.3, 0.4) is 0 Å². The third-order valence-corrected chi connectivity index (χ3v) is 4.00. The number of hydrogen-bond acceptors (Lipinski definition) is 4. The molecule has 2 rings (SSSR count). The lowest BCUT2D eigenvalue weighted by Gasteiger charge is -2.25. The molecule has 2 atom stereocenters. The van der Waals surface area contributed by atoms with E-state index in [-0.39, 0.29) is 18.3 Å². The number of carbonyl (C=O) groups excluding carboxylic acids is 1. The van der Waals surface area contributed by atoms with Crippen LogP contribution in [0.25, 0.3) is 0 Å². The van der Waals surface area contributed by atoms with Crippen LogP contribution in [0, 0.1) is 0 Å². The summed E-state index contributed by atoms with van der Waals surface area (Å²) >= 11 is 1.46. The van der Waals surface area contributed by atoms with E-state index in [2.05, 4.69) is 18.8 Å². The van der Waals surface area contributed by atoms with E-state index in [1.165, 1.54) is 11.3 Å². The largest absolute Gasteiger partial charge is 0.332 e. The number of thiazole rings is 1. The molecule has 6 heteroatoms. The Kier molecular flexibility index (Phi) is 4.91. The molecule has 1 aromatic heterocycles. The molecule has 1 aliphatic rings. The highest BCUT2D eigenvalue weighted by molar-refractivity contribution is 7.09. The second-order valence-electron chi connectivity index (χ2n) is 4.32.